The molecule has 0 unspecified atom stereocenters. The quantitative estimate of drug-likeness (QED) is 0.493. The number of esters is 1. The lowest BCUT2D eigenvalue weighted by Gasteiger charge is -2.18. The number of hydrogen-bond donors (Lipinski definition) is 0. The van der Waals surface area contributed by atoms with Crippen LogP contribution in [0.1, 0.15) is 34.6 Å². The van der Waals surface area contributed by atoms with Crippen molar-refractivity contribution in [2.75, 3.05) is 19.7 Å². The predicted molar refractivity (Wildman–Crippen MR) is 97.5 cm³/mol. The molecule has 0 N–H and O–H groups in total. The molecule has 0 saturated carbocycles. The van der Waals surface area contributed by atoms with Crippen LogP contribution in [0.5, 0.6) is 0 Å². The van der Waals surface area contributed by atoms with Crippen LogP contribution in [0.15, 0.2) is 47.4 Å². The summed E-state index contributed by atoms with van der Waals surface area (Å²) in [5.74, 6) is -3.49. The van der Waals surface area contributed by atoms with E-state index in [0.717, 1.165) is 34.6 Å². The summed E-state index contributed by atoms with van der Waals surface area (Å²) in [6.07, 6.45) is 0. The monoisotopic (exact) mass is 411 g/mol. The van der Waals surface area contributed by atoms with Crippen molar-refractivity contribution in [2.24, 2.45) is 0 Å². The first-order valence-corrected chi connectivity index (χ1v) is 9.90. The second-order valence-electron chi connectivity index (χ2n) is 5.74. The molecular weight excluding hydrogens is 392 g/mol. The van der Waals surface area contributed by atoms with Gasteiger partial charge in [-0.1, -0.05) is 26.0 Å². The summed E-state index contributed by atoms with van der Waals surface area (Å²) in [5.41, 5.74) is -0.619. The van der Waals surface area contributed by atoms with Gasteiger partial charge in [-0.2, -0.15) is 4.31 Å². The molecular formula is C19H19F2NO5S. The zero-order chi connectivity index (χ0) is 20.9. The molecule has 0 bridgehead atoms. The van der Waals surface area contributed by atoms with Crippen molar-refractivity contribution in [3.05, 3.63) is 65.2 Å². The fourth-order valence-corrected chi connectivity index (χ4v) is 3.97. The van der Waals surface area contributed by atoms with Crippen LogP contribution in [0.4, 0.5) is 8.78 Å². The summed E-state index contributed by atoms with van der Waals surface area (Å²) in [4.78, 5) is 23.9. The molecule has 28 heavy (non-hydrogen) atoms. The van der Waals surface area contributed by atoms with Gasteiger partial charge in [0.05, 0.1) is 10.5 Å². The molecule has 6 nitrogen and oxygen atoms in total. The van der Waals surface area contributed by atoms with E-state index in [9.17, 15) is 26.8 Å². The summed E-state index contributed by atoms with van der Waals surface area (Å²) in [6.45, 7) is 2.97. The van der Waals surface area contributed by atoms with Crippen LogP contribution in [0.3, 0.4) is 0 Å². The minimum atomic E-state index is -3.90. The molecule has 2 aromatic carbocycles. The lowest BCUT2D eigenvalue weighted by atomic mass is 10.1. The zero-order valence-electron chi connectivity index (χ0n) is 15.3. The smallest absolute Gasteiger partial charge is 0.341 e. The Balaban J connectivity index is 2.20. The van der Waals surface area contributed by atoms with Crippen molar-refractivity contribution in [1.29, 1.82) is 0 Å². The number of halogens is 2. The number of ketones is 1. The normalized spacial score (nSPS) is 11.5. The summed E-state index contributed by atoms with van der Waals surface area (Å²) in [6, 6.07) is 7.58. The van der Waals surface area contributed by atoms with Crippen molar-refractivity contribution >= 4 is 21.8 Å². The Labute approximate surface area is 161 Å². The molecule has 9 heteroatoms. The molecule has 0 heterocycles. The van der Waals surface area contributed by atoms with Gasteiger partial charge in [-0.25, -0.2) is 22.0 Å². The van der Waals surface area contributed by atoms with Crippen molar-refractivity contribution in [2.45, 2.75) is 18.7 Å². The van der Waals surface area contributed by atoms with Gasteiger partial charge in [-0.15, -0.1) is 0 Å². The van der Waals surface area contributed by atoms with E-state index in [0.29, 0.717) is 0 Å². The van der Waals surface area contributed by atoms with E-state index in [-0.39, 0.29) is 23.5 Å². The number of carbonyl (C=O) groups is 2. The van der Waals surface area contributed by atoms with Crippen LogP contribution in [0.25, 0.3) is 0 Å². The maximum absolute atomic E-state index is 14.0. The second-order valence-corrected chi connectivity index (χ2v) is 7.68. The molecule has 0 radical (unpaired) electrons. The largest absolute Gasteiger partial charge is 0.454 e. The van der Waals surface area contributed by atoms with Gasteiger partial charge in [0.2, 0.25) is 10.0 Å². The summed E-state index contributed by atoms with van der Waals surface area (Å²) < 4.78 is 58.2. The third-order valence-corrected chi connectivity index (χ3v) is 6.03. The number of carbonyl (C=O) groups excluding carboxylic acids is 2. The topological polar surface area (TPSA) is 80.8 Å². The van der Waals surface area contributed by atoms with Crippen LogP contribution in [0.2, 0.25) is 0 Å². The summed E-state index contributed by atoms with van der Waals surface area (Å²) in [5, 5.41) is 0. The first-order valence-electron chi connectivity index (χ1n) is 8.46. The lowest BCUT2D eigenvalue weighted by Crippen LogP contribution is -2.30. The molecule has 0 aliphatic carbocycles. The third-order valence-electron chi connectivity index (χ3n) is 3.98. The van der Waals surface area contributed by atoms with Gasteiger partial charge in [0, 0.05) is 18.7 Å². The Morgan fingerprint density at radius 1 is 1.04 bits per heavy atom. The molecule has 0 atom stereocenters. The van der Waals surface area contributed by atoms with Crippen molar-refractivity contribution in [3.8, 4) is 0 Å². The molecule has 0 spiro atoms. The highest BCUT2D eigenvalue weighted by Crippen LogP contribution is 2.20. The fourth-order valence-electron chi connectivity index (χ4n) is 2.49. The maximum atomic E-state index is 14.0. The van der Waals surface area contributed by atoms with E-state index >= 15 is 0 Å². The average Bonchev–Trinajstić information content (AvgIpc) is 2.66. The first kappa shape index (κ1) is 21.6. The SMILES string of the molecule is CCN(CC)S(=O)(=O)c1ccc(F)c(C(=O)OCC(=O)c2cccc(F)c2)c1. The van der Waals surface area contributed by atoms with Gasteiger partial charge < -0.3 is 4.74 Å². The number of nitrogens with zero attached hydrogens (tertiary/aromatic N) is 1. The Morgan fingerprint density at radius 2 is 1.71 bits per heavy atom. The molecule has 0 amide bonds. The molecule has 0 aliphatic rings. The highest BCUT2D eigenvalue weighted by atomic mass is 32.2. The van der Waals surface area contributed by atoms with Gasteiger partial charge in [-0.3, -0.25) is 4.79 Å². The number of hydrogen-bond acceptors (Lipinski definition) is 5. The van der Waals surface area contributed by atoms with Crippen LogP contribution in [0, 0.1) is 11.6 Å². The highest BCUT2D eigenvalue weighted by Gasteiger charge is 2.25. The number of rotatable bonds is 8. The predicted octanol–water partition coefficient (Wildman–Crippen LogP) is 3.04. The van der Waals surface area contributed by atoms with Crippen molar-refractivity contribution in [1.82, 2.24) is 4.31 Å². The Morgan fingerprint density at radius 3 is 2.32 bits per heavy atom. The number of Topliss-reactive ketones (excluding diaryl/α,β-unsaturated/α-hetero) is 1. The Kier molecular flexibility index (Phi) is 6.98. The molecule has 0 aromatic heterocycles. The third kappa shape index (κ3) is 4.79. The van der Waals surface area contributed by atoms with Gasteiger partial charge in [0.1, 0.15) is 11.6 Å². The molecule has 2 aromatic rings. The molecule has 150 valence electrons. The molecule has 0 aliphatic heterocycles. The molecule has 0 fully saturated rings. The van der Waals surface area contributed by atoms with Gasteiger partial charge in [-0.05, 0) is 30.3 Å². The highest BCUT2D eigenvalue weighted by molar-refractivity contribution is 7.89. The minimum absolute atomic E-state index is 0.00821. The van der Waals surface area contributed by atoms with E-state index in [4.69, 9.17) is 4.74 Å². The van der Waals surface area contributed by atoms with E-state index in [2.05, 4.69) is 0 Å². The van der Waals surface area contributed by atoms with Crippen LogP contribution in [-0.4, -0.2) is 44.2 Å². The van der Waals surface area contributed by atoms with Gasteiger partial charge >= 0.3 is 5.97 Å². The Bertz CT molecular complexity index is 988. The maximum Gasteiger partial charge on any atom is 0.341 e. The van der Waals surface area contributed by atoms with Crippen molar-refractivity contribution < 1.29 is 31.5 Å². The minimum Gasteiger partial charge on any atom is -0.454 e. The summed E-state index contributed by atoms with van der Waals surface area (Å²) >= 11 is 0. The van der Waals surface area contributed by atoms with Gasteiger partial charge in [0.25, 0.3) is 0 Å². The second kappa shape index (κ2) is 9.03. The number of ether oxygens (including phenoxy) is 1. The average molecular weight is 411 g/mol. The van der Waals surface area contributed by atoms with Crippen LogP contribution < -0.4 is 0 Å². The fraction of sp³-hybridized carbons (Fsp3) is 0.263. The van der Waals surface area contributed by atoms with E-state index < -0.39 is 45.6 Å². The molecule has 0 saturated heterocycles. The summed E-state index contributed by atoms with van der Waals surface area (Å²) in [7, 11) is -3.90. The van der Waals surface area contributed by atoms with E-state index in [1.807, 2.05) is 0 Å². The van der Waals surface area contributed by atoms with Crippen LogP contribution in [-0.2, 0) is 14.8 Å². The van der Waals surface area contributed by atoms with Crippen LogP contribution >= 0.6 is 0 Å². The van der Waals surface area contributed by atoms with E-state index in [1.165, 1.54) is 12.1 Å². The Hall–Kier alpha value is -2.65. The first-order chi connectivity index (χ1) is 13.2. The number of sulfonamides is 1. The van der Waals surface area contributed by atoms with E-state index in [1.54, 1.807) is 13.8 Å². The molecule has 2 rings (SSSR count). The standard InChI is InChI=1S/C19H19F2NO5S/c1-3-22(4-2)28(25,26)15-8-9-17(21)16(11-15)19(24)27-12-18(23)13-6-5-7-14(20)10-13/h5-11H,3-4,12H2,1-2H3. The van der Waals surface area contributed by atoms with Gasteiger partial charge in [0.15, 0.2) is 12.4 Å². The zero-order valence-corrected chi connectivity index (χ0v) is 16.1. The number of benzene rings is 2. The lowest BCUT2D eigenvalue weighted by molar-refractivity contribution is 0.0469. The van der Waals surface area contributed by atoms with Crippen molar-refractivity contribution in [3.63, 3.8) is 0 Å².